The Labute approximate surface area is 140 Å². The van der Waals surface area contributed by atoms with Crippen molar-refractivity contribution in [3.05, 3.63) is 72.1 Å². The number of hydrogen-bond donors (Lipinski definition) is 1. The van der Waals surface area contributed by atoms with E-state index in [1.807, 2.05) is 48.5 Å². The van der Waals surface area contributed by atoms with Crippen LogP contribution in [0.4, 0.5) is 0 Å². The van der Waals surface area contributed by atoms with Gasteiger partial charge in [0.25, 0.3) is 0 Å². The summed E-state index contributed by atoms with van der Waals surface area (Å²) in [7, 11) is 3.09. The molecule has 0 saturated carbocycles. The molecule has 1 N–H and O–H groups in total. The maximum absolute atomic E-state index is 10.7. The number of nitrogens with zero attached hydrogens (tertiary/aromatic N) is 2. The number of aromatic nitrogens is 2. The fourth-order valence-corrected chi connectivity index (χ4v) is 2.58. The lowest BCUT2D eigenvalue weighted by molar-refractivity contribution is 0.212. The predicted molar refractivity (Wildman–Crippen MR) is 91.1 cm³/mol. The van der Waals surface area contributed by atoms with Crippen LogP contribution in [-0.4, -0.2) is 29.3 Å². The van der Waals surface area contributed by atoms with Crippen LogP contribution in [0.25, 0.3) is 11.4 Å². The molecule has 5 heteroatoms. The number of aliphatic hydroxyl groups excluding tert-OH is 1. The lowest BCUT2D eigenvalue weighted by Crippen LogP contribution is -2.06. The number of pyridine rings is 2. The zero-order valence-electron chi connectivity index (χ0n) is 13.5. The molecule has 2 aromatic heterocycles. The van der Waals surface area contributed by atoms with Gasteiger partial charge in [-0.05, 0) is 17.7 Å². The Hall–Kier alpha value is -2.92. The van der Waals surface area contributed by atoms with Crippen LogP contribution >= 0.6 is 0 Å². The van der Waals surface area contributed by atoms with E-state index in [4.69, 9.17) is 9.47 Å². The topological polar surface area (TPSA) is 64.5 Å². The van der Waals surface area contributed by atoms with Gasteiger partial charge in [0.2, 0.25) is 0 Å². The summed E-state index contributed by atoms with van der Waals surface area (Å²) >= 11 is 0. The Morgan fingerprint density at radius 1 is 0.875 bits per heavy atom. The first-order valence-electron chi connectivity index (χ1n) is 7.51. The van der Waals surface area contributed by atoms with Crippen LogP contribution in [0.1, 0.15) is 17.2 Å². The highest BCUT2D eigenvalue weighted by Gasteiger charge is 2.23. The maximum atomic E-state index is 10.7. The van der Waals surface area contributed by atoms with Crippen molar-refractivity contribution in [3.8, 4) is 22.9 Å². The third-order valence-electron chi connectivity index (χ3n) is 3.74. The van der Waals surface area contributed by atoms with E-state index in [0.29, 0.717) is 28.5 Å². The molecule has 0 aliphatic heterocycles. The molecule has 0 bridgehead atoms. The van der Waals surface area contributed by atoms with Crippen LogP contribution in [0.15, 0.2) is 60.9 Å². The molecule has 1 atom stereocenters. The van der Waals surface area contributed by atoms with Crippen molar-refractivity contribution < 1.29 is 14.6 Å². The van der Waals surface area contributed by atoms with E-state index in [9.17, 15) is 5.11 Å². The summed E-state index contributed by atoms with van der Waals surface area (Å²) in [6.45, 7) is 0. The fourth-order valence-electron chi connectivity index (χ4n) is 2.58. The lowest BCUT2D eigenvalue weighted by Gasteiger charge is -2.19. The third kappa shape index (κ3) is 2.94. The molecule has 5 nitrogen and oxygen atoms in total. The summed E-state index contributed by atoms with van der Waals surface area (Å²) in [4.78, 5) is 8.75. The van der Waals surface area contributed by atoms with E-state index in [0.717, 1.165) is 5.56 Å². The first-order valence-corrected chi connectivity index (χ1v) is 7.51. The number of hydrogen-bond acceptors (Lipinski definition) is 5. The van der Waals surface area contributed by atoms with E-state index < -0.39 is 6.10 Å². The Kier molecular flexibility index (Phi) is 4.72. The monoisotopic (exact) mass is 322 g/mol. The minimum Gasteiger partial charge on any atom is -0.492 e. The molecule has 122 valence electrons. The van der Waals surface area contributed by atoms with Crippen LogP contribution in [0.2, 0.25) is 0 Å². The molecule has 0 amide bonds. The smallest absolute Gasteiger partial charge is 0.189 e. The lowest BCUT2D eigenvalue weighted by atomic mass is 10.0. The number of methoxy groups -OCH3 is 2. The summed E-state index contributed by atoms with van der Waals surface area (Å²) in [5.74, 6) is 0.896. The number of rotatable bonds is 5. The van der Waals surface area contributed by atoms with E-state index in [-0.39, 0.29) is 0 Å². The molecular weight excluding hydrogens is 304 g/mol. The van der Waals surface area contributed by atoms with Crippen LogP contribution in [0.3, 0.4) is 0 Å². The molecule has 24 heavy (non-hydrogen) atoms. The average Bonchev–Trinajstić information content (AvgIpc) is 2.67. The maximum Gasteiger partial charge on any atom is 0.189 e. The molecule has 0 aliphatic rings. The van der Waals surface area contributed by atoms with Gasteiger partial charge in [0.05, 0.1) is 19.9 Å². The fraction of sp³-hybridized carbons (Fsp3) is 0.158. The Bertz CT molecular complexity index is 808. The van der Waals surface area contributed by atoms with Crippen molar-refractivity contribution in [1.29, 1.82) is 0 Å². The van der Waals surface area contributed by atoms with E-state index >= 15 is 0 Å². The van der Waals surface area contributed by atoms with Crippen molar-refractivity contribution in [2.75, 3.05) is 14.2 Å². The van der Waals surface area contributed by atoms with Gasteiger partial charge in [0.15, 0.2) is 11.5 Å². The quantitative estimate of drug-likeness (QED) is 0.781. The number of benzene rings is 1. The molecule has 0 aliphatic carbocycles. The van der Waals surface area contributed by atoms with Gasteiger partial charge in [-0.25, -0.2) is 4.98 Å². The second-order valence-electron chi connectivity index (χ2n) is 5.16. The van der Waals surface area contributed by atoms with Gasteiger partial charge in [0, 0.05) is 18.0 Å². The first-order chi connectivity index (χ1) is 11.8. The molecule has 1 aromatic carbocycles. The zero-order chi connectivity index (χ0) is 16.9. The molecule has 3 aromatic rings. The molecule has 0 fully saturated rings. The molecule has 0 saturated heterocycles. The van der Waals surface area contributed by atoms with Gasteiger partial charge in [-0.15, -0.1) is 0 Å². The highest BCUT2D eigenvalue weighted by atomic mass is 16.5. The van der Waals surface area contributed by atoms with Crippen LogP contribution < -0.4 is 9.47 Å². The molecule has 3 rings (SSSR count). The van der Waals surface area contributed by atoms with Crippen molar-refractivity contribution in [1.82, 2.24) is 9.97 Å². The highest BCUT2D eigenvalue weighted by Crippen LogP contribution is 2.41. The van der Waals surface area contributed by atoms with Crippen LogP contribution in [0, 0.1) is 0 Å². The predicted octanol–water partition coefficient (Wildman–Crippen LogP) is 3.24. The van der Waals surface area contributed by atoms with Crippen molar-refractivity contribution in [3.63, 3.8) is 0 Å². The molecular formula is C19H18N2O3. The molecule has 1 unspecified atom stereocenters. The van der Waals surface area contributed by atoms with Crippen molar-refractivity contribution in [2.45, 2.75) is 6.10 Å². The van der Waals surface area contributed by atoms with E-state index in [1.54, 1.807) is 26.6 Å². The van der Waals surface area contributed by atoms with Gasteiger partial charge < -0.3 is 14.6 Å². The van der Waals surface area contributed by atoms with Gasteiger partial charge >= 0.3 is 0 Å². The highest BCUT2D eigenvalue weighted by molar-refractivity contribution is 5.68. The Morgan fingerprint density at radius 2 is 1.58 bits per heavy atom. The molecule has 0 spiro atoms. The van der Waals surface area contributed by atoms with Crippen LogP contribution in [-0.2, 0) is 0 Å². The second-order valence-corrected chi connectivity index (χ2v) is 5.16. The first kappa shape index (κ1) is 16.0. The van der Waals surface area contributed by atoms with Gasteiger partial charge in [-0.1, -0.05) is 36.4 Å². The Balaban J connectivity index is 2.13. The SMILES string of the molecule is COc1c(C(O)c2ccccc2)cnc(-c2ccccn2)c1OC. The Morgan fingerprint density at radius 3 is 2.21 bits per heavy atom. The van der Waals surface area contributed by atoms with E-state index in [1.165, 1.54) is 0 Å². The number of ether oxygens (including phenoxy) is 2. The summed E-state index contributed by atoms with van der Waals surface area (Å²) in [6, 6.07) is 14.9. The van der Waals surface area contributed by atoms with E-state index in [2.05, 4.69) is 9.97 Å². The third-order valence-corrected chi connectivity index (χ3v) is 3.74. The van der Waals surface area contributed by atoms with Crippen molar-refractivity contribution in [2.24, 2.45) is 0 Å². The average molecular weight is 322 g/mol. The standard InChI is InChI=1S/C19H18N2O3/c1-23-18-14(17(22)13-8-4-3-5-9-13)12-21-16(19(18)24-2)15-10-6-7-11-20-15/h3-12,17,22H,1-2H3. The van der Waals surface area contributed by atoms with Crippen molar-refractivity contribution >= 4 is 0 Å². The molecule has 0 radical (unpaired) electrons. The normalized spacial score (nSPS) is 11.8. The second kappa shape index (κ2) is 7.10. The summed E-state index contributed by atoms with van der Waals surface area (Å²) in [5, 5.41) is 10.7. The van der Waals surface area contributed by atoms with Gasteiger partial charge in [-0.2, -0.15) is 0 Å². The molecule has 2 heterocycles. The zero-order valence-corrected chi connectivity index (χ0v) is 13.5. The van der Waals surface area contributed by atoms with Gasteiger partial charge in [-0.3, -0.25) is 4.98 Å². The largest absolute Gasteiger partial charge is 0.492 e. The summed E-state index contributed by atoms with van der Waals surface area (Å²) < 4.78 is 11.0. The summed E-state index contributed by atoms with van der Waals surface area (Å²) in [5.41, 5.74) is 2.54. The number of aliphatic hydroxyl groups is 1. The van der Waals surface area contributed by atoms with Gasteiger partial charge in [0.1, 0.15) is 11.8 Å². The minimum absolute atomic E-state index is 0.448. The minimum atomic E-state index is -0.861. The summed E-state index contributed by atoms with van der Waals surface area (Å²) in [6.07, 6.45) is 2.43. The van der Waals surface area contributed by atoms with Crippen LogP contribution in [0.5, 0.6) is 11.5 Å².